The molecule has 3 rings (SSSR count). The van der Waals surface area contributed by atoms with Gasteiger partial charge < -0.3 is 15.3 Å². The first kappa shape index (κ1) is 24.2. The number of fused-ring (bicyclic) bond motifs is 1. The van der Waals surface area contributed by atoms with Crippen LogP contribution in [0.2, 0.25) is 0 Å². The van der Waals surface area contributed by atoms with E-state index in [1.54, 1.807) is 20.8 Å². The molecule has 0 radical (unpaired) electrons. The number of hydrogen-bond donors (Lipinski definition) is 3. The fraction of sp³-hybridized carbons (Fsp3) is 0.769. The van der Waals surface area contributed by atoms with Crippen LogP contribution < -0.4 is 0 Å². The Labute approximate surface area is 186 Å². The molecule has 5 heteroatoms. The Bertz CT molecular complexity index is 854. The summed E-state index contributed by atoms with van der Waals surface area (Å²) >= 11 is 0. The maximum atomic E-state index is 13.8. The zero-order chi connectivity index (χ0) is 23.7. The minimum absolute atomic E-state index is 0.100. The van der Waals surface area contributed by atoms with Crippen LogP contribution in [0.25, 0.3) is 0 Å². The SMILES string of the molecule is CCC(C)C(=O)C1=C(O)[C@@]23C[C@H](C(C)(C)O)C(C)(C)[C@@H]2CC(CC=C(C)C)(C1=O)C3O. The fourth-order valence-electron chi connectivity index (χ4n) is 7.06. The van der Waals surface area contributed by atoms with Crippen molar-refractivity contribution in [2.24, 2.45) is 34.0 Å². The zero-order valence-electron chi connectivity index (χ0n) is 20.4. The van der Waals surface area contributed by atoms with E-state index in [4.69, 9.17) is 0 Å². The molecule has 3 aliphatic rings. The van der Waals surface area contributed by atoms with Crippen molar-refractivity contribution >= 4 is 11.6 Å². The van der Waals surface area contributed by atoms with E-state index in [1.807, 2.05) is 26.8 Å². The largest absolute Gasteiger partial charge is 0.511 e. The topological polar surface area (TPSA) is 94.8 Å². The van der Waals surface area contributed by atoms with Gasteiger partial charge in [-0.3, -0.25) is 9.59 Å². The van der Waals surface area contributed by atoms with Gasteiger partial charge in [-0.1, -0.05) is 39.3 Å². The molecule has 3 aliphatic carbocycles. The van der Waals surface area contributed by atoms with Crippen LogP contribution in [0.4, 0.5) is 0 Å². The summed E-state index contributed by atoms with van der Waals surface area (Å²) in [5, 5.41) is 34.3. The van der Waals surface area contributed by atoms with Gasteiger partial charge in [0.05, 0.1) is 28.1 Å². The molecule has 0 aromatic rings. The highest BCUT2D eigenvalue weighted by Crippen LogP contribution is 2.75. The molecule has 174 valence electrons. The summed E-state index contributed by atoms with van der Waals surface area (Å²) in [7, 11) is 0. The van der Waals surface area contributed by atoms with Gasteiger partial charge in [-0.15, -0.1) is 0 Å². The fourth-order valence-corrected chi connectivity index (χ4v) is 7.06. The summed E-state index contributed by atoms with van der Waals surface area (Å²) < 4.78 is 0. The number of aliphatic hydroxyl groups is 3. The van der Waals surface area contributed by atoms with E-state index in [-0.39, 0.29) is 34.9 Å². The third-order valence-electron chi connectivity index (χ3n) is 8.93. The Kier molecular flexibility index (Phi) is 5.68. The summed E-state index contributed by atoms with van der Waals surface area (Å²) in [6, 6.07) is 0. The third kappa shape index (κ3) is 3.10. The molecule has 0 aromatic heterocycles. The van der Waals surface area contributed by atoms with Gasteiger partial charge in [-0.2, -0.15) is 0 Å². The van der Waals surface area contributed by atoms with Gasteiger partial charge in [0, 0.05) is 5.92 Å². The highest BCUT2D eigenvalue weighted by molar-refractivity contribution is 6.24. The second-order valence-electron chi connectivity index (χ2n) is 11.8. The number of Topliss-reactive ketones (excluding diaryl/α,β-unsaturated/α-hetero) is 2. The smallest absolute Gasteiger partial charge is 0.178 e. The van der Waals surface area contributed by atoms with Crippen LogP contribution in [0.3, 0.4) is 0 Å². The second kappa shape index (κ2) is 7.28. The first-order valence-corrected chi connectivity index (χ1v) is 11.7. The minimum Gasteiger partial charge on any atom is -0.511 e. The number of rotatable bonds is 6. The molecule has 0 saturated heterocycles. The van der Waals surface area contributed by atoms with Gasteiger partial charge >= 0.3 is 0 Å². The highest BCUT2D eigenvalue weighted by Gasteiger charge is 2.77. The van der Waals surface area contributed by atoms with Crippen LogP contribution in [0, 0.1) is 34.0 Å². The van der Waals surface area contributed by atoms with E-state index in [0.717, 1.165) is 5.57 Å². The first-order valence-electron chi connectivity index (χ1n) is 11.7. The Balaban J connectivity index is 2.30. The monoisotopic (exact) mass is 432 g/mol. The van der Waals surface area contributed by atoms with Crippen LogP contribution in [-0.2, 0) is 9.59 Å². The molecule has 5 nitrogen and oxygen atoms in total. The van der Waals surface area contributed by atoms with Gasteiger partial charge in [0.25, 0.3) is 0 Å². The number of carbonyl (C=O) groups excluding carboxylic acids is 2. The van der Waals surface area contributed by atoms with Crippen molar-refractivity contribution in [2.75, 3.05) is 0 Å². The Morgan fingerprint density at radius 3 is 2.32 bits per heavy atom. The predicted octanol–water partition coefficient (Wildman–Crippen LogP) is 4.52. The van der Waals surface area contributed by atoms with Crippen molar-refractivity contribution in [3.63, 3.8) is 0 Å². The van der Waals surface area contributed by atoms with E-state index in [0.29, 0.717) is 25.7 Å². The van der Waals surface area contributed by atoms with Crippen LogP contribution >= 0.6 is 0 Å². The summed E-state index contributed by atoms with van der Waals surface area (Å²) in [6.07, 6.45) is 2.54. The van der Waals surface area contributed by atoms with Gasteiger partial charge in [-0.25, -0.2) is 0 Å². The lowest BCUT2D eigenvalue weighted by atomic mass is 9.61. The minimum atomic E-state index is -1.12. The Morgan fingerprint density at radius 1 is 1.26 bits per heavy atom. The Morgan fingerprint density at radius 2 is 1.84 bits per heavy atom. The lowest BCUT2D eigenvalue weighted by Crippen LogP contribution is -2.53. The second-order valence-corrected chi connectivity index (χ2v) is 11.8. The quantitative estimate of drug-likeness (QED) is 0.424. The average Bonchev–Trinajstić information content (AvgIpc) is 3.03. The molecular formula is C26H40O5. The number of carbonyl (C=O) groups is 2. The summed E-state index contributed by atoms with van der Waals surface area (Å²) in [5.41, 5.74) is -2.72. The van der Waals surface area contributed by atoms with Crippen LogP contribution in [0.5, 0.6) is 0 Å². The van der Waals surface area contributed by atoms with Gasteiger partial charge in [0.1, 0.15) is 5.76 Å². The number of allylic oxidation sites excluding steroid dienone is 3. The summed E-state index contributed by atoms with van der Waals surface area (Å²) in [5.74, 6) is -1.77. The van der Waals surface area contributed by atoms with Crippen molar-refractivity contribution in [3.05, 3.63) is 23.0 Å². The average molecular weight is 433 g/mol. The lowest BCUT2D eigenvalue weighted by molar-refractivity contribution is -0.140. The van der Waals surface area contributed by atoms with Crippen molar-refractivity contribution < 1.29 is 24.9 Å². The molecule has 2 fully saturated rings. The molecule has 6 atom stereocenters. The van der Waals surface area contributed by atoms with E-state index >= 15 is 0 Å². The number of ketones is 2. The standard InChI is InChI=1S/C26H40O5/c1-9-15(4)19(27)18-20(28)25(11-10-14(2)3)12-17-23(5,6)16(24(7,8)31)13-26(17,21(18)29)22(25)30/h10,15-17,22,29-31H,9,11-13H2,1-8H3/t15?,16-,17-,22?,25?,26+/m0/s1. The normalized spacial score (nSPS) is 37.6. The van der Waals surface area contributed by atoms with E-state index < -0.39 is 33.7 Å². The summed E-state index contributed by atoms with van der Waals surface area (Å²) in [6.45, 7) is 15.2. The highest BCUT2D eigenvalue weighted by atomic mass is 16.3. The molecule has 3 unspecified atom stereocenters. The Hall–Kier alpha value is -1.46. The van der Waals surface area contributed by atoms with Crippen molar-refractivity contribution in [2.45, 2.75) is 92.8 Å². The van der Waals surface area contributed by atoms with Crippen molar-refractivity contribution in [3.8, 4) is 0 Å². The molecule has 1 spiro atoms. The molecular weight excluding hydrogens is 392 g/mol. The number of hydrogen-bond acceptors (Lipinski definition) is 5. The first-order chi connectivity index (χ1) is 14.1. The molecule has 3 N–H and O–H groups in total. The molecule has 0 amide bonds. The molecule has 0 aromatic carbocycles. The molecule has 2 bridgehead atoms. The van der Waals surface area contributed by atoms with Crippen molar-refractivity contribution in [1.29, 1.82) is 0 Å². The molecule has 31 heavy (non-hydrogen) atoms. The van der Waals surface area contributed by atoms with Crippen LogP contribution in [0.1, 0.15) is 81.1 Å². The maximum absolute atomic E-state index is 13.8. The van der Waals surface area contributed by atoms with Gasteiger partial charge in [-0.05, 0) is 70.6 Å². The molecule has 0 aliphatic heterocycles. The van der Waals surface area contributed by atoms with Gasteiger partial charge in [0.15, 0.2) is 11.6 Å². The molecule has 0 heterocycles. The maximum Gasteiger partial charge on any atom is 0.178 e. The molecule has 2 saturated carbocycles. The summed E-state index contributed by atoms with van der Waals surface area (Å²) in [4.78, 5) is 27.1. The van der Waals surface area contributed by atoms with E-state index in [2.05, 4.69) is 13.8 Å². The van der Waals surface area contributed by atoms with Gasteiger partial charge in [0.2, 0.25) is 0 Å². The van der Waals surface area contributed by atoms with E-state index in [1.165, 1.54) is 0 Å². The van der Waals surface area contributed by atoms with E-state index in [9.17, 15) is 24.9 Å². The van der Waals surface area contributed by atoms with Crippen LogP contribution in [-0.4, -0.2) is 38.6 Å². The van der Waals surface area contributed by atoms with Crippen LogP contribution in [0.15, 0.2) is 23.0 Å². The number of aliphatic hydroxyl groups excluding tert-OH is 2. The zero-order valence-corrected chi connectivity index (χ0v) is 20.4. The lowest BCUT2D eigenvalue weighted by Gasteiger charge is -2.44. The predicted molar refractivity (Wildman–Crippen MR) is 120 cm³/mol. The van der Waals surface area contributed by atoms with Crippen molar-refractivity contribution in [1.82, 2.24) is 0 Å². The third-order valence-corrected chi connectivity index (χ3v) is 8.93.